The van der Waals surface area contributed by atoms with Crippen LogP contribution in [0.5, 0.6) is 0 Å². The number of hydrogen-bond donors (Lipinski definition) is 1. The third-order valence-corrected chi connectivity index (χ3v) is 2.82. The summed E-state index contributed by atoms with van der Waals surface area (Å²) in [5.74, 6) is -0.348. The van der Waals surface area contributed by atoms with E-state index in [-0.39, 0.29) is 5.97 Å². The maximum absolute atomic E-state index is 11.8. The Labute approximate surface area is 109 Å². The Kier molecular flexibility index (Phi) is 5.01. The fourth-order valence-electron chi connectivity index (χ4n) is 1.98. The molecular weight excluding hydrogens is 228 g/mol. The molecule has 1 aromatic carbocycles. The summed E-state index contributed by atoms with van der Waals surface area (Å²) in [7, 11) is 1.38. The van der Waals surface area contributed by atoms with Crippen molar-refractivity contribution in [3.8, 4) is 0 Å². The van der Waals surface area contributed by atoms with Crippen molar-refractivity contribution in [1.82, 2.24) is 0 Å². The zero-order valence-corrected chi connectivity index (χ0v) is 11.6. The van der Waals surface area contributed by atoms with Crippen LogP contribution in [0.1, 0.15) is 37.6 Å². The van der Waals surface area contributed by atoms with E-state index in [1.165, 1.54) is 7.11 Å². The highest BCUT2D eigenvalue weighted by atomic mass is 16.5. The van der Waals surface area contributed by atoms with Crippen molar-refractivity contribution in [2.24, 2.45) is 0 Å². The van der Waals surface area contributed by atoms with Crippen molar-refractivity contribution < 1.29 is 9.53 Å². The lowest BCUT2D eigenvalue weighted by molar-refractivity contribution is 0.0601. The maximum atomic E-state index is 11.8. The van der Waals surface area contributed by atoms with E-state index in [4.69, 9.17) is 10.5 Å². The van der Waals surface area contributed by atoms with Crippen molar-refractivity contribution >= 4 is 17.3 Å². The highest BCUT2D eigenvalue weighted by molar-refractivity contribution is 5.97. The van der Waals surface area contributed by atoms with Crippen LogP contribution in [0.2, 0.25) is 0 Å². The molecule has 1 aromatic rings. The first-order valence-electron chi connectivity index (χ1n) is 6.25. The van der Waals surface area contributed by atoms with Crippen LogP contribution in [0.3, 0.4) is 0 Å². The van der Waals surface area contributed by atoms with Crippen LogP contribution in [-0.4, -0.2) is 25.7 Å². The number of anilines is 2. The predicted molar refractivity (Wildman–Crippen MR) is 75.0 cm³/mol. The lowest BCUT2D eigenvalue weighted by Crippen LogP contribution is -2.33. The zero-order valence-electron chi connectivity index (χ0n) is 11.6. The van der Waals surface area contributed by atoms with Gasteiger partial charge in [-0.15, -0.1) is 0 Å². The summed E-state index contributed by atoms with van der Waals surface area (Å²) < 4.78 is 4.82. The maximum Gasteiger partial charge on any atom is 0.340 e. The van der Waals surface area contributed by atoms with Gasteiger partial charge in [0, 0.05) is 18.3 Å². The number of carbonyl (C=O) groups is 1. The van der Waals surface area contributed by atoms with Crippen LogP contribution in [0.4, 0.5) is 11.4 Å². The van der Waals surface area contributed by atoms with Crippen LogP contribution in [0, 0.1) is 0 Å². The van der Waals surface area contributed by atoms with Gasteiger partial charge < -0.3 is 15.4 Å². The highest BCUT2D eigenvalue weighted by Gasteiger charge is 2.18. The first kappa shape index (κ1) is 14.4. The number of esters is 1. The molecule has 0 spiro atoms. The topological polar surface area (TPSA) is 55.6 Å². The van der Waals surface area contributed by atoms with Crippen LogP contribution in [0.25, 0.3) is 0 Å². The van der Waals surface area contributed by atoms with E-state index in [1.807, 2.05) is 12.1 Å². The molecule has 0 fully saturated rings. The normalized spacial score (nSPS) is 10.5. The van der Waals surface area contributed by atoms with Gasteiger partial charge in [-0.1, -0.05) is 6.92 Å². The number of nitrogens with two attached hydrogens (primary N) is 1. The number of nitrogens with zero attached hydrogens (tertiary/aromatic N) is 1. The first-order valence-corrected chi connectivity index (χ1v) is 6.25. The van der Waals surface area contributed by atoms with Crippen molar-refractivity contribution in [3.05, 3.63) is 23.8 Å². The average molecular weight is 250 g/mol. The van der Waals surface area contributed by atoms with E-state index in [2.05, 4.69) is 25.7 Å². The molecule has 0 saturated heterocycles. The molecule has 0 aliphatic carbocycles. The first-order chi connectivity index (χ1) is 8.51. The summed E-state index contributed by atoms with van der Waals surface area (Å²) in [5.41, 5.74) is 7.72. The van der Waals surface area contributed by atoms with Crippen molar-refractivity contribution in [3.63, 3.8) is 0 Å². The Hall–Kier alpha value is -1.71. The van der Waals surface area contributed by atoms with Crippen LogP contribution < -0.4 is 10.6 Å². The number of carbonyl (C=O) groups excluding carboxylic acids is 1. The molecule has 0 unspecified atom stereocenters. The molecule has 1 rings (SSSR count). The lowest BCUT2D eigenvalue weighted by atomic mass is 10.1. The van der Waals surface area contributed by atoms with E-state index in [9.17, 15) is 4.79 Å². The van der Waals surface area contributed by atoms with E-state index in [1.54, 1.807) is 6.07 Å². The van der Waals surface area contributed by atoms with E-state index < -0.39 is 0 Å². The van der Waals surface area contributed by atoms with E-state index in [0.717, 1.165) is 18.7 Å². The van der Waals surface area contributed by atoms with Crippen LogP contribution in [-0.2, 0) is 4.74 Å². The fraction of sp³-hybridized carbons (Fsp3) is 0.500. The SMILES string of the molecule is CCCN(c1ccc(N)cc1C(=O)OC)C(C)C. The number of methoxy groups -OCH3 is 1. The lowest BCUT2D eigenvalue weighted by Gasteiger charge is -2.30. The number of nitrogen functional groups attached to an aromatic ring is 1. The van der Waals surface area contributed by atoms with Gasteiger partial charge in [-0.2, -0.15) is 0 Å². The minimum absolute atomic E-state index is 0.317. The Bertz CT molecular complexity index is 416. The standard InChI is InChI=1S/C14H22N2O2/c1-5-8-16(10(2)3)13-7-6-11(15)9-12(13)14(17)18-4/h6-7,9-10H,5,8,15H2,1-4H3. The number of rotatable bonds is 5. The van der Waals surface area contributed by atoms with Crippen molar-refractivity contribution in [2.45, 2.75) is 33.2 Å². The van der Waals surface area contributed by atoms with Crippen LogP contribution in [0.15, 0.2) is 18.2 Å². The van der Waals surface area contributed by atoms with Crippen LogP contribution >= 0.6 is 0 Å². The summed E-state index contributed by atoms with van der Waals surface area (Å²) >= 11 is 0. The van der Waals surface area contributed by atoms with Gasteiger partial charge in [-0.3, -0.25) is 0 Å². The molecule has 0 heterocycles. The zero-order chi connectivity index (χ0) is 13.7. The fourth-order valence-corrected chi connectivity index (χ4v) is 1.98. The Morgan fingerprint density at radius 2 is 2.11 bits per heavy atom. The second-order valence-corrected chi connectivity index (χ2v) is 4.56. The minimum Gasteiger partial charge on any atom is -0.465 e. The second-order valence-electron chi connectivity index (χ2n) is 4.56. The number of benzene rings is 1. The minimum atomic E-state index is -0.348. The quantitative estimate of drug-likeness (QED) is 0.645. The van der Waals surface area contributed by atoms with Crippen molar-refractivity contribution in [2.75, 3.05) is 24.3 Å². The smallest absolute Gasteiger partial charge is 0.340 e. The molecular formula is C14H22N2O2. The molecule has 4 nitrogen and oxygen atoms in total. The number of hydrogen-bond acceptors (Lipinski definition) is 4. The molecule has 0 aromatic heterocycles. The Morgan fingerprint density at radius 1 is 1.44 bits per heavy atom. The molecule has 0 aliphatic heterocycles. The molecule has 0 radical (unpaired) electrons. The molecule has 0 saturated carbocycles. The molecule has 0 bridgehead atoms. The largest absolute Gasteiger partial charge is 0.465 e. The van der Waals surface area contributed by atoms with Gasteiger partial charge >= 0.3 is 5.97 Å². The highest BCUT2D eigenvalue weighted by Crippen LogP contribution is 2.26. The molecule has 0 amide bonds. The molecule has 0 aliphatic rings. The summed E-state index contributed by atoms with van der Waals surface area (Å²) in [6.07, 6.45) is 1.02. The third-order valence-electron chi connectivity index (χ3n) is 2.82. The summed E-state index contributed by atoms with van der Waals surface area (Å²) in [4.78, 5) is 14.0. The van der Waals surface area contributed by atoms with E-state index in [0.29, 0.717) is 17.3 Å². The van der Waals surface area contributed by atoms with Crippen molar-refractivity contribution in [1.29, 1.82) is 0 Å². The summed E-state index contributed by atoms with van der Waals surface area (Å²) in [6.45, 7) is 7.22. The molecule has 2 N–H and O–H groups in total. The van der Waals surface area contributed by atoms with Gasteiger partial charge in [-0.25, -0.2) is 4.79 Å². The molecule has 18 heavy (non-hydrogen) atoms. The molecule has 4 heteroatoms. The van der Waals surface area contributed by atoms with Gasteiger partial charge in [0.25, 0.3) is 0 Å². The van der Waals surface area contributed by atoms with Gasteiger partial charge in [0.2, 0.25) is 0 Å². The monoisotopic (exact) mass is 250 g/mol. The summed E-state index contributed by atoms with van der Waals surface area (Å²) in [5, 5.41) is 0. The average Bonchev–Trinajstić information content (AvgIpc) is 2.35. The third kappa shape index (κ3) is 3.15. The van der Waals surface area contributed by atoms with Gasteiger partial charge in [0.05, 0.1) is 18.4 Å². The Morgan fingerprint density at radius 3 is 2.61 bits per heavy atom. The summed E-state index contributed by atoms with van der Waals surface area (Å²) in [6, 6.07) is 5.69. The molecule has 0 atom stereocenters. The predicted octanol–water partition coefficient (Wildman–Crippen LogP) is 2.68. The number of ether oxygens (including phenoxy) is 1. The van der Waals surface area contributed by atoms with Gasteiger partial charge in [0.1, 0.15) is 0 Å². The van der Waals surface area contributed by atoms with Gasteiger partial charge in [-0.05, 0) is 38.5 Å². The Balaban J connectivity index is 3.24. The molecule has 100 valence electrons. The second kappa shape index (κ2) is 6.28. The van der Waals surface area contributed by atoms with Gasteiger partial charge in [0.15, 0.2) is 0 Å². The van der Waals surface area contributed by atoms with E-state index >= 15 is 0 Å².